The first-order chi connectivity index (χ1) is 14.6. The molecule has 1 atom stereocenters. The van der Waals surface area contributed by atoms with Crippen LogP contribution in [0, 0.1) is 5.92 Å². The largest absolute Gasteiger partial charge is 0.493 e. The van der Waals surface area contributed by atoms with Gasteiger partial charge in [0.15, 0.2) is 11.5 Å². The average molecular weight is 416 g/mol. The second-order valence-electron chi connectivity index (χ2n) is 7.55. The van der Waals surface area contributed by atoms with Crippen LogP contribution in [0.25, 0.3) is 10.9 Å². The number of carbonyl (C=O) groups is 1. The topological polar surface area (TPSA) is 79.8 Å². The van der Waals surface area contributed by atoms with Crippen LogP contribution in [0.3, 0.4) is 0 Å². The summed E-state index contributed by atoms with van der Waals surface area (Å²) in [6.45, 7) is 7.06. The van der Waals surface area contributed by atoms with Crippen molar-refractivity contribution in [2.45, 2.75) is 33.1 Å². The smallest absolute Gasteiger partial charge is 0.228 e. The molecule has 1 unspecified atom stereocenters. The van der Waals surface area contributed by atoms with Gasteiger partial charge in [0.1, 0.15) is 5.82 Å². The molecule has 30 heavy (non-hydrogen) atoms. The van der Waals surface area contributed by atoms with Crippen LogP contribution >= 0.6 is 0 Å². The van der Waals surface area contributed by atoms with Gasteiger partial charge in [0.05, 0.1) is 19.7 Å². The van der Waals surface area contributed by atoms with Gasteiger partial charge in [0, 0.05) is 50.6 Å². The molecule has 0 bridgehead atoms. The lowest BCUT2D eigenvalue weighted by atomic mass is 9.99. The first-order valence-corrected chi connectivity index (χ1v) is 10.7. The van der Waals surface area contributed by atoms with Gasteiger partial charge in [0.2, 0.25) is 11.9 Å². The lowest BCUT2D eigenvalue weighted by Gasteiger charge is -2.36. The molecule has 0 spiro atoms. The number of hydrogen-bond acceptors (Lipinski definition) is 7. The summed E-state index contributed by atoms with van der Waals surface area (Å²) in [6.07, 6.45) is 2.90. The van der Waals surface area contributed by atoms with Gasteiger partial charge in [0.25, 0.3) is 0 Å². The number of nitrogens with one attached hydrogen (secondary N) is 1. The minimum Gasteiger partial charge on any atom is -0.493 e. The standard InChI is InChI=1S/C22H33N5O3/c1-6-8-15(7-2)21(28)26-9-11-27(12-10-26)22-24-17-14-19(30-5)18(29-4)13-16(17)20(23-3)25-22/h13-15H,6-12H2,1-5H3,(H,23,24,25). The number of piperazine rings is 1. The Kier molecular flexibility index (Phi) is 7.18. The van der Waals surface area contributed by atoms with Crippen molar-refractivity contribution in [3.05, 3.63) is 12.1 Å². The number of carbonyl (C=O) groups excluding carboxylic acids is 1. The van der Waals surface area contributed by atoms with Crippen molar-refractivity contribution >= 4 is 28.6 Å². The summed E-state index contributed by atoms with van der Waals surface area (Å²) in [6, 6.07) is 3.76. The Hall–Kier alpha value is -2.77. The van der Waals surface area contributed by atoms with E-state index >= 15 is 0 Å². The summed E-state index contributed by atoms with van der Waals surface area (Å²) in [4.78, 5) is 26.5. The Morgan fingerprint density at radius 2 is 1.77 bits per heavy atom. The van der Waals surface area contributed by atoms with E-state index in [0.29, 0.717) is 30.5 Å². The van der Waals surface area contributed by atoms with E-state index in [1.165, 1.54) is 0 Å². The Bertz CT molecular complexity index is 881. The molecule has 1 aromatic heterocycles. The molecule has 2 heterocycles. The number of rotatable bonds is 8. The highest BCUT2D eigenvalue weighted by Crippen LogP contribution is 2.35. The van der Waals surface area contributed by atoms with E-state index in [9.17, 15) is 4.79 Å². The summed E-state index contributed by atoms with van der Waals surface area (Å²) in [5, 5.41) is 4.04. The Labute approximate surface area is 178 Å². The van der Waals surface area contributed by atoms with Crippen molar-refractivity contribution < 1.29 is 14.3 Å². The summed E-state index contributed by atoms with van der Waals surface area (Å²) < 4.78 is 10.8. The number of aromatic nitrogens is 2. The molecule has 1 amide bonds. The van der Waals surface area contributed by atoms with Crippen molar-refractivity contribution in [3.63, 3.8) is 0 Å². The van der Waals surface area contributed by atoms with E-state index < -0.39 is 0 Å². The minimum atomic E-state index is 0.136. The van der Waals surface area contributed by atoms with Gasteiger partial charge in [-0.2, -0.15) is 4.98 Å². The lowest BCUT2D eigenvalue weighted by Crippen LogP contribution is -2.50. The number of amides is 1. The third-order valence-corrected chi connectivity index (χ3v) is 5.78. The van der Waals surface area contributed by atoms with Crippen LogP contribution < -0.4 is 19.7 Å². The van der Waals surface area contributed by atoms with Crippen molar-refractivity contribution in [2.75, 3.05) is 57.7 Å². The zero-order chi connectivity index (χ0) is 21.7. The maximum Gasteiger partial charge on any atom is 0.228 e. The highest BCUT2D eigenvalue weighted by atomic mass is 16.5. The molecule has 1 aliphatic rings. The molecule has 0 aliphatic carbocycles. The molecule has 8 heteroatoms. The lowest BCUT2D eigenvalue weighted by molar-refractivity contribution is -0.136. The second kappa shape index (κ2) is 9.82. The number of ether oxygens (including phenoxy) is 2. The van der Waals surface area contributed by atoms with Crippen molar-refractivity contribution in [1.29, 1.82) is 0 Å². The zero-order valence-corrected chi connectivity index (χ0v) is 18.7. The molecule has 1 N–H and O–H groups in total. The zero-order valence-electron chi connectivity index (χ0n) is 18.7. The molecule has 164 valence electrons. The molecular formula is C22H33N5O3. The van der Waals surface area contributed by atoms with Crippen LogP contribution in [0.4, 0.5) is 11.8 Å². The van der Waals surface area contributed by atoms with Crippen molar-refractivity contribution in [2.24, 2.45) is 5.92 Å². The Morgan fingerprint density at radius 1 is 1.10 bits per heavy atom. The number of methoxy groups -OCH3 is 2. The average Bonchev–Trinajstić information content (AvgIpc) is 2.80. The fourth-order valence-corrected chi connectivity index (χ4v) is 4.01. The highest BCUT2D eigenvalue weighted by Gasteiger charge is 2.27. The molecule has 3 rings (SSSR count). The van der Waals surface area contributed by atoms with E-state index in [-0.39, 0.29) is 11.8 Å². The van der Waals surface area contributed by atoms with Crippen LogP contribution in [-0.4, -0.2) is 68.2 Å². The maximum atomic E-state index is 12.8. The fourth-order valence-electron chi connectivity index (χ4n) is 4.01. The van der Waals surface area contributed by atoms with E-state index in [4.69, 9.17) is 19.4 Å². The maximum absolute atomic E-state index is 12.8. The van der Waals surface area contributed by atoms with Gasteiger partial charge < -0.3 is 24.6 Å². The van der Waals surface area contributed by atoms with Crippen LogP contribution in [0.2, 0.25) is 0 Å². The number of benzene rings is 1. The van der Waals surface area contributed by atoms with Gasteiger partial charge in [-0.15, -0.1) is 0 Å². The van der Waals surface area contributed by atoms with Gasteiger partial charge in [-0.1, -0.05) is 20.3 Å². The molecule has 0 saturated carbocycles. The third-order valence-electron chi connectivity index (χ3n) is 5.78. The summed E-state index contributed by atoms with van der Waals surface area (Å²) in [7, 11) is 5.07. The molecule has 1 fully saturated rings. The molecule has 1 aromatic carbocycles. The quantitative estimate of drug-likeness (QED) is 0.709. The molecular weight excluding hydrogens is 382 g/mol. The minimum absolute atomic E-state index is 0.136. The molecule has 0 radical (unpaired) electrons. The summed E-state index contributed by atoms with van der Waals surface area (Å²) in [5.41, 5.74) is 0.787. The number of hydrogen-bond donors (Lipinski definition) is 1. The molecule has 1 aliphatic heterocycles. The fraction of sp³-hybridized carbons (Fsp3) is 0.591. The van der Waals surface area contributed by atoms with Crippen molar-refractivity contribution in [1.82, 2.24) is 14.9 Å². The van der Waals surface area contributed by atoms with Crippen LogP contribution in [0.1, 0.15) is 33.1 Å². The van der Waals surface area contributed by atoms with E-state index in [1.807, 2.05) is 24.1 Å². The van der Waals surface area contributed by atoms with E-state index in [2.05, 4.69) is 24.1 Å². The van der Waals surface area contributed by atoms with E-state index in [1.54, 1.807) is 14.2 Å². The number of nitrogens with zero attached hydrogens (tertiary/aromatic N) is 4. The normalized spacial score (nSPS) is 15.2. The summed E-state index contributed by atoms with van der Waals surface area (Å²) in [5.74, 6) is 3.09. The van der Waals surface area contributed by atoms with E-state index in [0.717, 1.165) is 49.1 Å². The second-order valence-corrected chi connectivity index (χ2v) is 7.55. The SMILES string of the molecule is CCCC(CC)C(=O)N1CCN(c2nc(NC)c3cc(OC)c(OC)cc3n2)CC1. The Balaban J connectivity index is 1.81. The number of fused-ring (bicyclic) bond motifs is 1. The first-order valence-electron chi connectivity index (χ1n) is 10.7. The monoisotopic (exact) mass is 415 g/mol. The highest BCUT2D eigenvalue weighted by molar-refractivity contribution is 5.92. The molecule has 8 nitrogen and oxygen atoms in total. The van der Waals surface area contributed by atoms with Crippen LogP contribution in [-0.2, 0) is 4.79 Å². The Morgan fingerprint density at radius 3 is 2.33 bits per heavy atom. The predicted octanol–water partition coefficient (Wildman–Crippen LogP) is 3.16. The van der Waals surface area contributed by atoms with Gasteiger partial charge >= 0.3 is 0 Å². The van der Waals surface area contributed by atoms with Crippen LogP contribution in [0.5, 0.6) is 11.5 Å². The van der Waals surface area contributed by atoms with Gasteiger partial charge in [-0.25, -0.2) is 4.98 Å². The predicted molar refractivity (Wildman–Crippen MR) is 120 cm³/mol. The third kappa shape index (κ3) is 4.37. The first kappa shape index (κ1) is 21.9. The summed E-state index contributed by atoms with van der Waals surface area (Å²) >= 11 is 0. The van der Waals surface area contributed by atoms with Gasteiger partial charge in [-0.05, 0) is 18.9 Å². The van der Waals surface area contributed by atoms with Crippen LogP contribution in [0.15, 0.2) is 12.1 Å². The molecule has 1 saturated heterocycles. The van der Waals surface area contributed by atoms with Gasteiger partial charge in [-0.3, -0.25) is 4.79 Å². The number of anilines is 2. The van der Waals surface area contributed by atoms with Crippen molar-refractivity contribution in [3.8, 4) is 11.5 Å². The molecule has 2 aromatic rings.